The molecule has 0 saturated carbocycles. The maximum absolute atomic E-state index is 4.92. The van der Waals surface area contributed by atoms with Crippen molar-refractivity contribution >= 4 is 29.0 Å². The maximum Gasteiger partial charge on any atom is 0.231 e. The lowest BCUT2D eigenvalue weighted by Gasteiger charge is -2.26. The van der Waals surface area contributed by atoms with Crippen LogP contribution in [0.2, 0.25) is 0 Å². The lowest BCUT2D eigenvalue weighted by molar-refractivity contribution is 0.237. The van der Waals surface area contributed by atoms with Crippen molar-refractivity contribution in [2.24, 2.45) is 5.10 Å². The Balaban J connectivity index is 1.50. The molecule has 1 fully saturated rings. The van der Waals surface area contributed by atoms with Gasteiger partial charge in [-0.15, -0.1) is 0 Å². The van der Waals surface area contributed by atoms with E-state index in [-0.39, 0.29) is 0 Å². The number of pyridine rings is 1. The second kappa shape index (κ2) is 12.8. The van der Waals surface area contributed by atoms with Crippen molar-refractivity contribution in [1.29, 1.82) is 0 Å². The zero-order chi connectivity index (χ0) is 26.0. The van der Waals surface area contributed by atoms with Crippen molar-refractivity contribution in [3.8, 4) is 11.1 Å². The van der Waals surface area contributed by atoms with Crippen molar-refractivity contribution in [3.05, 3.63) is 90.8 Å². The fourth-order valence-electron chi connectivity index (χ4n) is 4.56. The maximum atomic E-state index is 4.92. The zero-order valence-electron chi connectivity index (χ0n) is 21.8. The van der Waals surface area contributed by atoms with E-state index >= 15 is 0 Å². The number of nitrogens with zero attached hydrogens (tertiary/aromatic N) is 5. The van der Waals surface area contributed by atoms with Crippen LogP contribution in [0.5, 0.6) is 0 Å². The van der Waals surface area contributed by atoms with Gasteiger partial charge in [-0.2, -0.15) is 15.1 Å². The molecule has 5 rings (SSSR count). The number of likely N-dealkylation sites (tertiary alicyclic amines) is 1. The minimum Gasteiger partial charge on any atom is -0.368 e. The van der Waals surface area contributed by atoms with E-state index in [9.17, 15) is 0 Å². The summed E-state index contributed by atoms with van der Waals surface area (Å²) in [6.45, 7) is 6.05. The van der Waals surface area contributed by atoms with Crippen LogP contribution in [-0.2, 0) is 0 Å². The highest BCUT2D eigenvalue weighted by Gasteiger charge is 2.18. The lowest BCUT2D eigenvalue weighted by atomic mass is 10.1. The van der Waals surface area contributed by atoms with Crippen LogP contribution in [0.4, 0.5) is 23.3 Å². The molecule has 8 nitrogen and oxygen atoms in total. The van der Waals surface area contributed by atoms with Gasteiger partial charge in [0.25, 0.3) is 0 Å². The number of benzene rings is 2. The number of hydrogen-bond donors (Lipinski definition) is 3. The highest BCUT2D eigenvalue weighted by Crippen LogP contribution is 2.34. The summed E-state index contributed by atoms with van der Waals surface area (Å²) in [6.07, 6.45) is 7.41. The van der Waals surface area contributed by atoms with Gasteiger partial charge in [0, 0.05) is 36.7 Å². The van der Waals surface area contributed by atoms with Crippen LogP contribution < -0.4 is 16.1 Å². The molecule has 0 amide bonds. The van der Waals surface area contributed by atoms with Gasteiger partial charge in [0.1, 0.15) is 5.82 Å². The quantitative estimate of drug-likeness (QED) is 0.179. The number of rotatable bonds is 10. The van der Waals surface area contributed by atoms with Gasteiger partial charge in [-0.25, -0.2) is 0 Å². The van der Waals surface area contributed by atoms with Gasteiger partial charge >= 0.3 is 0 Å². The predicted octanol–water partition coefficient (Wildman–Crippen LogP) is 6.02. The molecular weight excluding hydrogens is 472 g/mol. The summed E-state index contributed by atoms with van der Waals surface area (Å²) in [4.78, 5) is 16.4. The highest BCUT2D eigenvalue weighted by molar-refractivity contribution is 5.99. The standard InChI is InChI=1S/C30H34N8/c1-23(24-15-17-31-18-16-24)36-37-29-27(25-11-5-2-6-12-25)28(32-19-22-38-20-9-4-10-21-38)34-30(35-29)33-26-13-7-3-8-14-26/h2-3,5-8,11-18H,4,9-10,19-22H2,1H3,(H3,32,33,34,35,37). The third kappa shape index (κ3) is 6.72. The number of aromatic nitrogens is 3. The van der Waals surface area contributed by atoms with E-state index in [1.807, 2.05) is 67.6 Å². The smallest absolute Gasteiger partial charge is 0.231 e. The van der Waals surface area contributed by atoms with Crippen LogP contribution in [0.25, 0.3) is 11.1 Å². The fraction of sp³-hybridized carbons (Fsp3) is 0.267. The Labute approximate surface area is 224 Å². The Morgan fingerprint density at radius 2 is 1.53 bits per heavy atom. The molecule has 4 aromatic rings. The van der Waals surface area contributed by atoms with E-state index in [1.165, 1.54) is 19.3 Å². The molecule has 38 heavy (non-hydrogen) atoms. The molecule has 0 bridgehead atoms. The second-order valence-electron chi connectivity index (χ2n) is 9.35. The number of para-hydroxylation sites is 1. The molecule has 1 saturated heterocycles. The summed E-state index contributed by atoms with van der Waals surface area (Å²) < 4.78 is 0. The first-order chi connectivity index (χ1) is 18.8. The van der Waals surface area contributed by atoms with E-state index in [0.717, 1.165) is 60.1 Å². The first-order valence-corrected chi connectivity index (χ1v) is 13.2. The Morgan fingerprint density at radius 3 is 2.26 bits per heavy atom. The molecule has 2 aromatic carbocycles. The van der Waals surface area contributed by atoms with Gasteiger partial charge in [-0.3, -0.25) is 10.4 Å². The Bertz CT molecular complexity index is 1320. The van der Waals surface area contributed by atoms with Gasteiger partial charge in [-0.1, -0.05) is 55.0 Å². The van der Waals surface area contributed by atoms with Crippen LogP contribution in [0, 0.1) is 0 Å². The van der Waals surface area contributed by atoms with Crippen molar-refractivity contribution in [2.75, 3.05) is 42.2 Å². The third-order valence-corrected chi connectivity index (χ3v) is 6.60. The van der Waals surface area contributed by atoms with E-state index in [0.29, 0.717) is 11.8 Å². The summed E-state index contributed by atoms with van der Waals surface area (Å²) in [5, 5.41) is 11.6. The minimum absolute atomic E-state index is 0.496. The summed E-state index contributed by atoms with van der Waals surface area (Å²) in [7, 11) is 0. The zero-order valence-corrected chi connectivity index (χ0v) is 21.8. The number of anilines is 4. The van der Waals surface area contributed by atoms with Crippen LogP contribution >= 0.6 is 0 Å². The summed E-state index contributed by atoms with van der Waals surface area (Å²) in [5.41, 5.74) is 7.88. The van der Waals surface area contributed by atoms with Crippen molar-refractivity contribution < 1.29 is 0 Å². The second-order valence-corrected chi connectivity index (χ2v) is 9.35. The molecule has 0 aliphatic carbocycles. The highest BCUT2D eigenvalue weighted by atomic mass is 15.3. The molecule has 0 spiro atoms. The van der Waals surface area contributed by atoms with Crippen LogP contribution in [0.15, 0.2) is 90.3 Å². The van der Waals surface area contributed by atoms with Crippen molar-refractivity contribution in [1.82, 2.24) is 19.9 Å². The molecular formula is C30H34N8. The molecule has 3 heterocycles. The van der Waals surface area contributed by atoms with Crippen molar-refractivity contribution in [2.45, 2.75) is 26.2 Å². The average Bonchev–Trinajstić information content (AvgIpc) is 2.98. The number of nitrogens with one attached hydrogen (secondary N) is 3. The van der Waals surface area contributed by atoms with E-state index in [2.05, 4.69) is 43.2 Å². The molecule has 0 unspecified atom stereocenters. The molecule has 2 aromatic heterocycles. The Hall–Kier alpha value is -4.30. The number of hydrazone groups is 1. The van der Waals surface area contributed by atoms with Crippen molar-refractivity contribution in [3.63, 3.8) is 0 Å². The number of hydrogen-bond acceptors (Lipinski definition) is 8. The van der Waals surface area contributed by atoms with E-state index in [1.54, 1.807) is 12.4 Å². The third-order valence-electron chi connectivity index (χ3n) is 6.60. The molecule has 1 aliphatic rings. The summed E-state index contributed by atoms with van der Waals surface area (Å²) in [5.74, 6) is 1.88. The SMILES string of the molecule is CC(=NNc1nc(Nc2ccccc2)nc(NCCN2CCCCC2)c1-c1ccccc1)c1ccncc1. The normalized spacial score (nSPS) is 14.2. The van der Waals surface area contributed by atoms with Gasteiger partial charge < -0.3 is 15.5 Å². The first kappa shape index (κ1) is 25.4. The Kier molecular flexibility index (Phi) is 8.53. The molecule has 3 N–H and O–H groups in total. The first-order valence-electron chi connectivity index (χ1n) is 13.2. The van der Waals surface area contributed by atoms with Gasteiger partial charge in [0.15, 0.2) is 5.82 Å². The topological polar surface area (TPSA) is 90.4 Å². The minimum atomic E-state index is 0.496. The molecule has 8 heteroatoms. The van der Waals surface area contributed by atoms with E-state index < -0.39 is 0 Å². The van der Waals surface area contributed by atoms with Gasteiger partial charge in [0.05, 0.1) is 11.3 Å². The van der Waals surface area contributed by atoms with Crippen LogP contribution in [0.1, 0.15) is 31.7 Å². The summed E-state index contributed by atoms with van der Waals surface area (Å²) in [6, 6.07) is 24.0. The molecule has 194 valence electrons. The van der Waals surface area contributed by atoms with Gasteiger partial charge in [0.2, 0.25) is 5.95 Å². The van der Waals surface area contributed by atoms with Crippen LogP contribution in [-0.4, -0.2) is 51.7 Å². The van der Waals surface area contributed by atoms with E-state index in [4.69, 9.17) is 9.97 Å². The van der Waals surface area contributed by atoms with Crippen LogP contribution in [0.3, 0.4) is 0 Å². The lowest BCUT2D eigenvalue weighted by Crippen LogP contribution is -2.33. The summed E-state index contributed by atoms with van der Waals surface area (Å²) >= 11 is 0. The monoisotopic (exact) mass is 506 g/mol. The molecule has 1 aliphatic heterocycles. The molecule has 0 atom stereocenters. The largest absolute Gasteiger partial charge is 0.368 e. The average molecular weight is 507 g/mol. The predicted molar refractivity (Wildman–Crippen MR) is 156 cm³/mol. The Morgan fingerprint density at radius 1 is 0.842 bits per heavy atom. The van der Waals surface area contributed by atoms with Gasteiger partial charge in [-0.05, 0) is 62.7 Å². The number of piperidine rings is 1. The fourth-order valence-corrected chi connectivity index (χ4v) is 4.56. The molecule has 0 radical (unpaired) electrons.